The van der Waals surface area contributed by atoms with Crippen molar-refractivity contribution in [2.75, 3.05) is 32.1 Å². The highest BCUT2D eigenvalue weighted by atomic mass is 16.5. The number of nitrogens with one attached hydrogen (secondary N) is 3. The summed E-state index contributed by atoms with van der Waals surface area (Å²) >= 11 is 0. The molecule has 50 heavy (non-hydrogen) atoms. The lowest BCUT2D eigenvalue weighted by Gasteiger charge is -2.21. The molecular formula is C38H41N5O7. The van der Waals surface area contributed by atoms with Crippen molar-refractivity contribution in [3.8, 4) is 28.5 Å². The van der Waals surface area contributed by atoms with E-state index in [2.05, 4.69) is 50.4 Å². The number of rotatable bonds is 17. The van der Waals surface area contributed by atoms with Gasteiger partial charge in [-0.2, -0.15) is 0 Å². The Balaban J connectivity index is 1.06. The van der Waals surface area contributed by atoms with Crippen LogP contribution in [-0.2, 0) is 22.6 Å². The second kappa shape index (κ2) is 17.2. The average Bonchev–Trinajstić information content (AvgIpc) is 3.11. The van der Waals surface area contributed by atoms with Crippen LogP contribution in [-0.4, -0.2) is 65.5 Å². The first-order valence-corrected chi connectivity index (χ1v) is 16.6. The molecule has 260 valence electrons. The van der Waals surface area contributed by atoms with Gasteiger partial charge in [-0.3, -0.25) is 24.5 Å². The number of ether oxygens (including phenoxy) is 2. The molecule has 2 amide bonds. The maximum absolute atomic E-state index is 13.3. The fraction of sp³-hybridized carbons (Fsp3) is 0.316. The Morgan fingerprint density at radius 1 is 0.940 bits per heavy atom. The average molecular weight is 680 g/mol. The highest BCUT2D eigenvalue weighted by molar-refractivity contribution is 6.11. The number of hydrogen-bond donors (Lipinski definition) is 4. The maximum Gasteiger partial charge on any atom is 0.230 e. The molecule has 5 rings (SSSR count). The number of piperidine rings is 1. The van der Waals surface area contributed by atoms with Gasteiger partial charge in [-0.1, -0.05) is 48.5 Å². The van der Waals surface area contributed by atoms with E-state index >= 15 is 0 Å². The summed E-state index contributed by atoms with van der Waals surface area (Å²) < 4.78 is 12.0. The van der Waals surface area contributed by atoms with Crippen LogP contribution in [0.25, 0.3) is 11.3 Å². The number of carbonyl (C=O) groups is 4. The molecule has 0 saturated carbocycles. The van der Waals surface area contributed by atoms with Crippen LogP contribution in [0.2, 0.25) is 0 Å². The van der Waals surface area contributed by atoms with Gasteiger partial charge in [-0.05, 0) is 55.6 Å². The minimum atomic E-state index is -0.624. The second-order valence-electron chi connectivity index (χ2n) is 12.0. The first-order valence-electron chi connectivity index (χ1n) is 16.6. The normalized spacial score (nSPS) is 14.2. The van der Waals surface area contributed by atoms with Gasteiger partial charge < -0.3 is 25.2 Å². The lowest BCUT2D eigenvalue weighted by Crippen LogP contribution is -2.41. The zero-order chi connectivity index (χ0) is 35.5. The van der Waals surface area contributed by atoms with Crippen molar-refractivity contribution in [3.05, 3.63) is 95.1 Å². The van der Waals surface area contributed by atoms with Crippen molar-refractivity contribution >= 4 is 29.2 Å². The molecule has 0 bridgehead atoms. The Morgan fingerprint density at radius 2 is 1.70 bits per heavy atom. The minimum Gasteiger partial charge on any atom is -0.507 e. The molecule has 3 aromatic carbocycles. The Bertz CT molecular complexity index is 1840. The highest BCUT2D eigenvalue weighted by Gasteiger charge is 2.31. The number of phenolic OH excluding ortho intramolecular Hbond substituents is 1. The zero-order valence-corrected chi connectivity index (χ0v) is 28.2. The Morgan fingerprint density at radius 3 is 2.44 bits per heavy atom. The number of ketones is 2. The molecule has 1 aliphatic rings. The van der Waals surface area contributed by atoms with Crippen LogP contribution < -0.4 is 25.4 Å². The van der Waals surface area contributed by atoms with Crippen LogP contribution in [0.3, 0.4) is 0 Å². The van der Waals surface area contributed by atoms with Crippen molar-refractivity contribution in [1.29, 1.82) is 0 Å². The van der Waals surface area contributed by atoms with E-state index in [1.165, 1.54) is 6.92 Å². The monoisotopic (exact) mass is 679 g/mol. The summed E-state index contributed by atoms with van der Waals surface area (Å²) in [6.45, 7) is 3.47. The molecule has 0 spiro atoms. The van der Waals surface area contributed by atoms with Crippen molar-refractivity contribution in [1.82, 2.24) is 20.8 Å². The van der Waals surface area contributed by atoms with Crippen molar-refractivity contribution in [2.24, 2.45) is 5.92 Å². The number of amides is 2. The molecule has 4 aromatic rings. The molecule has 1 aliphatic heterocycles. The molecule has 1 unspecified atom stereocenters. The number of Topliss-reactive ketones (excluding diaryl/α,β-unsaturated/α-hetero) is 2. The SMILES string of the molecule is CNc1nnc(-c2ccccc2O)cc1OCCc1ccc(CNCCCOc2cccc(C(C)=O)c2C(=O)CC2CCC(=O)NC2=O)cc1. The fourth-order valence-corrected chi connectivity index (χ4v) is 5.69. The quantitative estimate of drug-likeness (QED) is 0.0681. The number of phenols is 1. The third-order valence-corrected chi connectivity index (χ3v) is 8.40. The first kappa shape index (κ1) is 35.7. The first-order chi connectivity index (χ1) is 24.2. The lowest BCUT2D eigenvalue weighted by atomic mass is 9.88. The van der Waals surface area contributed by atoms with Crippen molar-refractivity contribution < 1.29 is 33.8 Å². The number of nitrogens with zero attached hydrogens (tertiary/aromatic N) is 2. The standard InChI is InChI=1S/C38H41N5O7/c1-24(44)28-8-5-10-33(36(28)32(46)21-27-15-16-35(47)41-38(27)48)49-19-6-18-40-23-26-13-11-25(12-14-26)17-20-50-34-22-30(42-43-37(34)39-2)29-7-3-4-9-31(29)45/h3-5,7-14,22,27,40,45H,6,15-21,23H2,1-2H3,(H,39,43)(H,41,47,48). The fourth-order valence-electron chi connectivity index (χ4n) is 5.69. The van der Waals surface area contributed by atoms with Gasteiger partial charge in [0.15, 0.2) is 23.1 Å². The molecule has 1 aromatic heterocycles. The number of aromatic hydroxyl groups is 1. The molecule has 1 fully saturated rings. The van der Waals surface area contributed by atoms with Crippen LogP contribution in [0.4, 0.5) is 5.82 Å². The minimum absolute atomic E-state index is 0.103. The summed E-state index contributed by atoms with van der Waals surface area (Å²) in [5.41, 5.74) is 3.77. The number of benzene rings is 3. The van der Waals surface area contributed by atoms with Gasteiger partial charge in [0, 0.05) is 56.0 Å². The Kier molecular flexibility index (Phi) is 12.2. The van der Waals surface area contributed by atoms with E-state index in [4.69, 9.17) is 9.47 Å². The second-order valence-corrected chi connectivity index (χ2v) is 12.0. The summed E-state index contributed by atoms with van der Waals surface area (Å²) in [6, 6.07) is 21.9. The number of hydrogen-bond acceptors (Lipinski definition) is 11. The third-order valence-electron chi connectivity index (χ3n) is 8.40. The van der Waals surface area contributed by atoms with Gasteiger partial charge in [-0.25, -0.2) is 0 Å². The lowest BCUT2D eigenvalue weighted by molar-refractivity contribution is -0.136. The Hall–Kier alpha value is -5.62. The molecule has 2 heterocycles. The molecule has 1 atom stereocenters. The summed E-state index contributed by atoms with van der Waals surface area (Å²) in [5.74, 6) is -0.559. The molecule has 0 radical (unpaired) electrons. The van der Waals surface area contributed by atoms with Crippen LogP contribution in [0, 0.1) is 5.92 Å². The number of aromatic nitrogens is 2. The van der Waals surface area contributed by atoms with Crippen LogP contribution >= 0.6 is 0 Å². The number of anilines is 1. The van der Waals surface area contributed by atoms with Crippen LogP contribution in [0.1, 0.15) is 64.4 Å². The molecule has 4 N–H and O–H groups in total. The third kappa shape index (κ3) is 9.29. The van der Waals surface area contributed by atoms with E-state index < -0.39 is 11.8 Å². The predicted molar refractivity (Wildman–Crippen MR) is 187 cm³/mol. The summed E-state index contributed by atoms with van der Waals surface area (Å²) in [6.07, 6.45) is 1.72. The van der Waals surface area contributed by atoms with Crippen molar-refractivity contribution in [3.63, 3.8) is 0 Å². The van der Waals surface area contributed by atoms with E-state index in [0.717, 1.165) is 11.1 Å². The zero-order valence-electron chi connectivity index (χ0n) is 28.2. The maximum atomic E-state index is 13.3. The van der Waals surface area contributed by atoms with E-state index in [9.17, 15) is 24.3 Å². The molecule has 12 nitrogen and oxygen atoms in total. The highest BCUT2D eigenvalue weighted by Crippen LogP contribution is 2.32. The predicted octanol–water partition coefficient (Wildman–Crippen LogP) is 4.90. The Labute approximate surface area is 290 Å². The molecular weight excluding hydrogens is 638 g/mol. The molecule has 12 heteroatoms. The largest absolute Gasteiger partial charge is 0.507 e. The smallest absolute Gasteiger partial charge is 0.230 e. The van der Waals surface area contributed by atoms with Gasteiger partial charge in [-0.15, -0.1) is 10.2 Å². The summed E-state index contributed by atoms with van der Waals surface area (Å²) in [7, 11) is 1.75. The summed E-state index contributed by atoms with van der Waals surface area (Å²) in [5, 5.41) is 27.3. The van der Waals surface area contributed by atoms with Gasteiger partial charge in [0.1, 0.15) is 17.2 Å². The van der Waals surface area contributed by atoms with E-state index in [1.807, 2.05) is 6.07 Å². The summed E-state index contributed by atoms with van der Waals surface area (Å²) in [4.78, 5) is 49.3. The van der Waals surface area contributed by atoms with E-state index in [0.29, 0.717) is 74.1 Å². The van der Waals surface area contributed by atoms with Gasteiger partial charge >= 0.3 is 0 Å². The van der Waals surface area contributed by atoms with Crippen molar-refractivity contribution in [2.45, 2.75) is 45.6 Å². The van der Waals surface area contributed by atoms with Crippen LogP contribution in [0.15, 0.2) is 72.8 Å². The molecule has 1 saturated heterocycles. The van der Waals surface area contributed by atoms with Crippen LogP contribution in [0.5, 0.6) is 17.2 Å². The van der Waals surface area contributed by atoms with Gasteiger partial charge in [0.25, 0.3) is 0 Å². The van der Waals surface area contributed by atoms with Gasteiger partial charge in [0.05, 0.1) is 18.8 Å². The number of para-hydroxylation sites is 1. The number of imide groups is 1. The number of carbonyl (C=O) groups excluding carboxylic acids is 4. The topological polar surface area (TPSA) is 169 Å². The molecule has 0 aliphatic carbocycles. The van der Waals surface area contributed by atoms with Gasteiger partial charge in [0.2, 0.25) is 11.8 Å². The van der Waals surface area contributed by atoms with E-state index in [1.54, 1.807) is 49.5 Å². The van der Waals surface area contributed by atoms with E-state index in [-0.39, 0.29) is 47.2 Å².